The van der Waals surface area contributed by atoms with Crippen molar-refractivity contribution < 1.29 is 14.3 Å². The number of hydrogen-bond acceptors (Lipinski definition) is 3. The van der Waals surface area contributed by atoms with Crippen molar-refractivity contribution in [2.24, 2.45) is 17.8 Å². The number of imide groups is 1. The Kier molecular flexibility index (Phi) is 4.34. The van der Waals surface area contributed by atoms with Crippen LogP contribution in [0.4, 0.5) is 5.69 Å². The fourth-order valence-corrected chi connectivity index (χ4v) is 4.03. The Balaban J connectivity index is 1.57. The van der Waals surface area contributed by atoms with Crippen molar-refractivity contribution >= 4 is 17.5 Å². The van der Waals surface area contributed by atoms with Gasteiger partial charge in [0.05, 0.1) is 17.5 Å². The van der Waals surface area contributed by atoms with Crippen molar-refractivity contribution in [1.82, 2.24) is 0 Å². The van der Waals surface area contributed by atoms with E-state index in [-0.39, 0.29) is 29.6 Å². The first kappa shape index (κ1) is 17.5. The minimum absolute atomic E-state index is 0.0925. The SMILES string of the molecule is Cc1cccc(Oc2ccc(N3C(=O)C4CC=CC(C)C4C3=O)cc2)c1C. The number of carbonyl (C=O) groups excluding carboxylic acids is 2. The molecule has 3 unspecified atom stereocenters. The third-order valence-electron chi connectivity index (χ3n) is 5.75. The van der Waals surface area contributed by atoms with Gasteiger partial charge in [-0.2, -0.15) is 0 Å². The van der Waals surface area contributed by atoms with Crippen LogP contribution in [0.1, 0.15) is 24.5 Å². The first-order chi connectivity index (χ1) is 13.0. The maximum Gasteiger partial charge on any atom is 0.238 e. The standard InChI is InChI=1S/C23H23NO3/c1-14-6-5-9-20(16(14)3)27-18-12-10-17(11-13-18)24-22(25)19-8-4-7-15(2)21(19)23(24)26/h4-7,9-13,15,19,21H,8H2,1-3H3. The molecule has 1 fully saturated rings. The summed E-state index contributed by atoms with van der Waals surface area (Å²) < 4.78 is 5.97. The van der Waals surface area contributed by atoms with E-state index in [0.717, 1.165) is 11.3 Å². The summed E-state index contributed by atoms with van der Waals surface area (Å²) >= 11 is 0. The fraction of sp³-hybridized carbons (Fsp3) is 0.304. The molecule has 1 aliphatic heterocycles. The highest BCUT2D eigenvalue weighted by atomic mass is 16.5. The molecule has 4 rings (SSSR count). The minimum Gasteiger partial charge on any atom is -0.457 e. The van der Waals surface area contributed by atoms with E-state index in [0.29, 0.717) is 17.9 Å². The summed E-state index contributed by atoms with van der Waals surface area (Å²) in [6.07, 6.45) is 4.70. The van der Waals surface area contributed by atoms with Gasteiger partial charge < -0.3 is 4.74 Å². The number of nitrogens with zero attached hydrogens (tertiary/aromatic N) is 1. The van der Waals surface area contributed by atoms with Gasteiger partial charge in [0.2, 0.25) is 11.8 Å². The van der Waals surface area contributed by atoms with Gasteiger partial charge in [-0.25, -0.2) is 0 Å². The van der Waals surface area contributed by atoms with E-state index >= 15 is 0 Å². The highest BCUT2D eigenvalue weighted by Crippen LogP contribution is 2.40. The minimum atomic E-state index is -0.242. The molecule has 138 valence electrons. The van der Waals surface area contributed by atoms with Crippen LogP contribution in [0.25, 0.3) is 0 Å². The number of fused-ring (bicyclic) bond motifs is 1. The van der Waals surface area contributed by atoms with Crippen molar-refractivity contribution in [2.45, 2.75) is 27.2 Å². The van der Waals surface area contributed by atoms with E-state index in [4.69, 9.17) is 4.74 Å². The van der Waals surface area contributed by atoms with Crippen LogP contribution in [0.2, 0.25) is 0 Å². The van der Waals surface area contributed by atoms with Gasteiger partial charge in [0.1, 0.15) is 11.5 Å². The Labute approximate surface area is 159 Å². The Morgan fingerprint density at radius 1 is 1.00 bits per heavy atom. The molecule has 27 heavy (non-hydrogen) atoms. The molecule has 0 radical (unpaired) electrons. The number of rotatable bonds is 3. The van der Waals surface area contributed by atoms with Crippen LogP contribution in [0.3, 0.4) is 0 Å². The van der Waals surface area contributed by atoms with E-state index in [1.54, 1.807) is 24.3 Å². The number of ether oxygens (including phenoxy) is 1. The molecule has 2 amide bonds. The van der Waals surface area contributed by atoms with Crippen molar-refractivity contribution in [2.75, 3.05) is 4.90 Å². The van der Waals surface area contributed by atoms with Crippen LogP contribution in [0, 0.1) is 31.6 Å². The van der Waals surface area contributed by atoms with E-state index < -0.39 is 0 Å². The summed E-state index contributed by atoms with van der Waals surface area (Å²) in [5.41, 5.74) is 2.87. The van der Waals surface area contributed by atoms with Gasteiger partial charge in [-0.05, 0) is 67.6 Å². The number of anilines is 1. The van der Waals surface area contributed by atoms with Gasteiger partial charge in [-0.1, -0.05) is 31.2 Å². The van der Waals surface area contributed by atoms with Crippen LogP contribution in [-0.4, -0.2) is 11.8 Å². The molecule has 0 aromatic heterocycles. The van der Waals surface area contributed by atoms with Crippen molar-refractivity contribution in [1.29, 1.82) is 0 Å². The second kappa shape index (κ2) is 6.69. The van der Waals surface area contributed by atoms with Crippen molar-refractivity contribution in [3.63, 3.8) is 0 Å². The second-order valence-electron chi connectivity index (χ2n) is 7.46. The first-order valence-electron chi connectivity index (χ1n) is 9.36. The van der Waals surface area contributed by atoms with Crippen LogP contribution in [-0.2, 0) is 9.59 Å². The predicted molar refractivity (Wildman–Crippen MR) is 105 cm³/mol. The molecular formula is C23H23NO3. The number of amides is 2. The molecule has 2 aromatic carbocycles. The Hall–Kier alpha value is -2.88. The summed E-state index contributed by atoms with van der Waals surface area (Å²) in [6, 6.07) is 13.1. The van der Waals surface area contributed by atoms with Gasteiger partial charge in [0, 0.05) is 0 Å². The molecule has 3 atom stereocenters. The Bertz CT molecular complexity index is 929. The molecule has 4 heteroatoms. The summed E-state index contributed by atoms with van der Waals surface area (Å²) in [4.78, 5) is 27.0. The molecule has 0 N–H and O–H groups in total. The second-order valence-corrected chi connectivity index (χ2v) is 7.46. The highest BCUT2D eigenvalue weighted by molar-refractivity contribution is 6.22. The fourth-order valence-electron chi connectivity index (χ4n) is 4.03. The number of benzene rings is 2. The van der Waals surface area contributed by atoms with Gasteiger partial charge in [0.15, 0.2) is 0 Å². The summed E-state index contributed by atoms with van der Waals surface area (Å²) in [6.45, 7) is 6.08. The zero-order chi connectivity index (χ0) is 19.1. The molecule has 0 saturated carbocycles. The molecule has 4 nitrogen and oxygen atoms in total. The monoisotopic (exact) mass is 361 g/mol. The average Bonchev–Trinajstić information content (AvgIpc) is 2.92. The van der Waals surface area contributed by atoms with E-state index in [9.17, 15) is 9.59 Å². The number of hydrogen-bond donors (Lipinski definition) is 0. The maximum absolute atomic E-state index is 12.9. The van der Waals surface area contributed by atoms with Crippen LogP contribution >= 0.6 is 0 Å². The smallest absolute Gasteiger partial charge is 0.238 e. The average molecular weight is 361 g/mol. The lowest BCUT2D eigenvalue weighted by molar-refractivity contribution is -0.122. The number of carbonyl (C=O) groups is 2. The summed E-state index contributed by atoms with van der Waals surface area (Å²) in [5, 5.41) is 0. The quantitative estimate of drug-likeness (QED) is 0.583. The highest BCUT2D eigenvalue weighted by Gasteiger charge is 2.50. The van der Waals surface area contributed by atoms with Gasteiger partial charge in [-0.15, -0.1) is 0 Å². The number of aryl methyl sites for hydroxylation is 1. The first-order valence-corrected chi connectivity index (χ1v) is 9.36. The zero-order valence-electron chi connectivity index (χ0n) is 15.8. The molecule has 0 bridgehead atoms. The van der Waals surface area contributed by atoms with Crippen molar-refractivity contribution in [3.8, 4) is 11.5 Å². The predicted octanol–water partition coefficient (Wildman–Crippen LogP) is 4.80. The normalized spacial score (nSPS) is 24.3. The topological polar surface area (TPSA) is 46.6 Å². The lowest BCUT2D eigenvalue weighted by Crippen LogP contribution is -2.31. The lowest BCUT2D eigenvalue weighted by atomic mass is 9.78. The van der Waals surface area contributed by atoms with E-state index in [1.165, 1.54) is 10.5 Å². The molecular weight excluding hydrogens is 338 g/mol. The number of allylic oxidation sites excluding steroid dienone is 2. The largest absolute Gasteiger partial charge is 0.457 e. The molecule has 1 saturated heterocycles. The van der Waals surface area contributed by atoms with Gasteiger partial charge in [-0.3, -0.25) is 14.5 Å². The Morgan fingerprint density at radius 2 is 1.74 bits per heavy atom. The summed E-state index contributed by atoms with van der Waals surface area (Å²) in [5.74, 6) is 0.921. The molecule has 1 aliphatic carbocycles. The third-order valence-corrected chi connectivity index (χ3v) is 5.75. The van der Waals surface area contributed by atoms with E-state index in [1.807, 2.05) is 51.1 Å². The van der Waals surface area contributed by atoms with Crippen molar-refractivity contribution in [3.05, 3.63) is 65.7 Å². The molecule has 2 aliphatic rings. The third kappa shape index (κ3) is 2.95. The lowest BCUT2D eigenvalue weighted by Gasteiger charge is -2.22. The van der Waals surface area contributed by atoms with Crippen LogP contribution in [0.5, 0.6) is 11.5 Å². The molecule has 1 heterocycles. The Morgan fingerprint density at radius 3 is 2.44 bits per heavy atom. The molecule has 2 aromatic rings. The molecule has 0 spiro atoms. The van der Waals surface area contributed by atoms with Gasteiger partial charge in [0.25, 0.3) is 0 Å². The summed E-state index contributed by atoms with van der Waals surface area (Å²) in [7, 11) is 0. The van der Waals surface area contributed by atoms with Gasteiger partial charge >= 0.3 is 0 Å². The zero-order valence-corrected chi connectivity index (χ0v) is 15.8. The van der Waals surface area contributed by atoms with E-state index in [2.05, 4.69) is 0 Å². The van der Waals surface area contributed by atoms with Crippen LogP contribution < -0.4 is 9.64 Å². The maximum atomic E-state index is 12.9. The van der Waals surface area contributed by atoms with Crippen LogP contribution in [0.15, 0.2) is 54.6 Å².